The van der Waals surface area contributed by atoms with Crippen LogP contribution in [0.2, 0.25) is 0 Å². The zero-order chi connectivity index (χ0) is 20.4. The van der Waals surface area contributed by atoms with Crippen LogP contribution in [-0.2, 0) is 16.1 Å². The molecule has 1 saturated carbocycles. The fourth-order valence-corrected chi connectivity index (χ4v) is 3.72. The molecular weight excluding hydrogens is 366 g/mol. The number of hydrogen-bond donors (Lipinski definition) is 0. The van der Waals surface area contributed by atoms with Crippen molar-refractivity contribution in [1.82, 2.24) is 9.91 Å². The Labute approximate surface area is 171 Å². The van der Waals surface area contributed by atoms with E-state index in [-0.39, 0.29) is 24.7 Å². The molecule has 6 nitrogen and oxygen atoms in total. The van der Waals surface area contributed by atoms with E-state index < -0.39 is 0 Å². The van der Waals surface area contributed by atoms with Gasteiger partial charge in [-0.05, 0) is 30.0 Å². The molecule has 2 amide bonds. The Bertz CT molecular complexity index is 918. The van der Waals surface area contributed by atoms with E-state index in [1.165, 1.54) is 11.4 Å². The number of furan rings is 1. The lowest BCUT2D eigenvalue weighted by molar-refractivity contribution is -0.136. The number of nitrogens with zero attached hydrogens (tertiary/aromatic N) is 3. The molecule has 0 bridgehead atoms. The molecule has 0 radical (unpaired) electrons. The maximum atomic E-state index is 12.5. The highest BCUT2D eigenvalue weighted by atomic mass is 16.3. The van der Waals surface area contributed by atoms with E-state index in [1.54, 1.807) is 11.9 Å². The van der Waals surface area contributed by atoms with Gasteiger partial charge in [0.15, 0.2) is 0 Å². The fourth-order valence-electron chi connectivity index (χ4n) is 3.72. The van der Waals surface area contributed by atoms with Crippen LogP contribution in [0.4, 0.5) is 0 Å². The van der Waals surface area contributed by atoms with Crippen LogP contribution >= 0.6 is 0 Å². The molecule has 1 fully saturated rings. The summed E-state index contributed by atoms with van der Waals surface area (Å²) >= 11 is 0. The van der Waals surface area contributed by atoms with Gasteiger partial charge in [-0.2, -0.15) is 5.10 Å². The van der Waals surface area contributed by atoms with Crippen molar-refractivity contribution in [3.8, 4) is 0 Å². The molecule has 2 aliphatic rings. The third-order valence-corrected chi connectivity index (χ3v) is 5.73. The molecule has 6 heteroatoms. The van der Waals surface area contributed by atoms with Crippen molar-refractivity contribution in [2.24, 2.45) is 11.0 Å². The lowest BCUT2D eigenvalue weighted by Gasteiger charge is -2.16. The Hall–Kier alpha value is -2.89. The zero-order valence-corrected chi connectivity index (χ0v) is 17.0. The van der Waals surface area contributed by atoms with Crippen molar-refractivity contribution in [2.45, 2.75) is 45.1 Å². The fraction of sp³-hybridized carbons (Fsp3) is 0.435. The van der Waals surface area contributed by atoms with Gasteiger partial charge in [0.25, 0.3) is 0 Å². The summed E-state index contributed by atoms with van der Waals surface area (Å²) in [5.74, 6) is 2.85. The van der Waals surface area contributed by atoms with E-state index in [1.807, 2.05) is 42.5 Å². The largest absolute Gasteiger partial charge is 0.464 e. The van der Waals surface area contributed by atoms with Crippen LogP contribution in [-0.4, -0.2) is 41.0 Å². The van der Waals surface area contributed by atoms with E-state index >= 15 is 0 Å². The average molecular weight is 393 g/mol. The average Bonchev–Trinajstić information content (AvgIpc) is 3.14. The number of hydrogen-bond acceptors (Lipinski definition) is 4. The third kappa shape index (κ3) is 4.58. The van der Waals surface area contributed by atoms with E-state index in [4.69, 9.17) is 4.42 Å². The topological polar surface area (TPSA) is 66.1 Å². The van der Waals surface area contributed by atoms with Crippen LogP contribution < -0.4 is 0 Å². The molecule has 0 N–H and O–H groups in total. The minimum absolute atomic E-state index is 0.0671. The summed E-state index contributed by atoms with van der Waals surface area (Å²) < 4.78 is 5.87. The van der Waals surface area contributed by atoms with E-state index in [9.17, 15) is 9.59 Å². The van der Waals surface area contributed by atoms with Gasteiger partial charge in [-0.3, -0.25) is 9.59 Å². The van der Waals surface area contributed by atoms with Gasteiger partial charge in [0, 0.05) is 32.2 Å². The van der Waals surface area contributed by atoms with E-state index in [2.05, 4.69) is 12.0 Å². The number of benzene rings is 1. The van der Waals surface area contributed by atoms with Crippen molar-refractivity contribution in [1.29, 1.82) is 0 Å². The molecule has 1 aliphatic carbocycles. The van der Waals surface area contributed by atoms with Crippen LogP contribution in [0, 0.1) is 5.92 Å². The lowest BCUT2D eigenvalue weighted by atomic mass is 10.1. The van der Waals surface area contributed by atoms with Gasteiger partial charge in [0.1, 0.15) is 11.5 Å². The van der Waals surface area contributed by atoms with Crippen LogP contribution in [0.15, 0.2) is 52.0 Å². The summed E-state index contributed by atoms with van der Waals surface area (Å²) in [6, 6.07) is 13.8. The standard InChI is InChI=1S/C23H27N3O3/c1-16-14-19(16)21-9-8-18(29-21)15-25(2)22(27)10-11-23(28)26-13-12-20(24-26)17-6-4-3-5-7-17/h3-9,16,19H,10-15H2,1-2H3/t16-,19-/m1/s1. The first-order valence-corrected chi connectivity index (χ1v) is 10.3. The Morgan fingerprint density at radius 2 is 1.93 bits per heavy atom. The Kier molecular flexibility index (Phi) is 5.51. The molecule has 29 heavy (non-hydrogen) atoms. The summed E-state index contributed by atoms with van der Waals surface area (Å²) in [5, 5.41) is 5.93. The van der Waals surface area contributed by atoms with Crippen LogP contribution in [0.5, 0.6) is 0 Å². The summed E-state index contributed by atoms with van der Waals surface area (Å²) in [5.41, 5.74) is 1.96. The van der Waals surface area contributed by atoms with Gasteiger partial charge in [-0.15, -0.1) is 0 Å². The van der Waals surface area contributed by atoms with Crippen LogP contribution in [0.25, 0.3) is 0 Å². The minimum atomic E-state index is -0.110. The Morgan fingerprint density at radius 1 is 1.17 bits per heavy atom. The van der Waals surface area contributed by atoms with Crippen molar-refractivity contribution in [2.75, 3.05) is 13.6 Å². The molecule has 0 saturated heterocycles. The van der Waals surface area contributed by atoms with Crippen molar-refractivity contribution < 1.29 is 14.0 Å². The second-order valence-electron chi connectivity index (χ2n) is 8.05. The molecule has 2 atom stereocenters. The number of carbonyl (C=O) groups is 2. The minimum Gasteiger partial charge on any atom is -0.464 e. The highest BCUT2D eigenvalue weighted by Gasteiger charge is 2.36. The predicted molar refractivity (Wildman–Crippen MR) is 110 cm³/mol. The summed E-state index contributed by atoms with van der Waals surface area (Å²) in [6.07, 6.45) is 2.26. The van der Waals surface area contributed by atoms with Crippen molar-refractivity contribution in [3.63, 3.8) is 0 Å². The molecule has 1 aromatic heterocycles. The smallest absolute Gasteiger partial charge is 0.243 e. The molecule has 0 spiro atoms. The maximum absolute atomic E-state index is 12.5. The van der Waals surface area contributed by atoms with Gasteiger partial charge in [0.05, 0.1) is 18.8 Å². The first kappa shape index (κ1) is 19.4. The third-order valence-electron chi connectivity index (χ3n) is 5.73. The molecule has 4 rings (SSSR count). The summed E-state index contributed by atoms with van der Waals surface area (Å²) in [4.78, 5) is 26.5. The molecule has 152 valence electrons. The zero-order valence-electron chi connectivity index (χ0n) is 17.0. The molecule has 2 aromatic rings. The summed E-state index contributed by atoms with van der Waals surface area (Å²) in [7, 11) is 1.75. The van der Waals surface area contributed by atoms with Gasteiger partial charge in [-0.25, -0.2) is 5.01 Å². The quantitative estimate of drug-likeness (QED) is 0.719. The van der Waals surface area contributed by atoms with Gasteiger partial charge in [0.2, 0.25) is 11.8 Å². The van der Waals surface area contributed by atoms with Crippen molar-refractivity contribution in [3.05, 3.63) is 59.5 Å². The maximum Gasteiger partial charge on any atom is 0.243 e. The molecule has 1 aromatic carbocycles. The molecule has 1 aliphatic heterocycles. The highest BCUT2D eigenvalue weighted by Crippen LogP contribution is 2.47. The molecular formula is C23H27N3O3. The first-order chi connectivity index (χ1) is 14.0. The van der Waals surface area contributed by atoms with Crippen LogP contribution in [0.3, 0.4) is 0 Å². The molecule has 2 heterocycles. The second kappa shape index (κ2) is 8.23. The number of rotatable bonds is 7. The highest BCUT2D eigenvalue weighted by molar-refractivity contribution is 6.02. The Balaban J connectivity index is 1.25. The van der Waals surface area contributed by atoms with Gasteiger partial charge < -0.3 is 9.32 Å². The van der Waals surface area contributed by atoms with Crippen LogP contribution in [0.1, 0.15) is 55.6 Å². The van der Waals surface area contributed by atoms with Gasteiger partial charge >= 0.3 is 0 Å². The SMILES string of the molecule is C[C@@H]1C[C@H]1c1ccc(CN(C)C(=O)CCC(=O)N2CCC(c3ccccc3)=N2)o1. The monoisotopic (exact) mass is 393 g/mol. The normalized spacial score (nSPS) is 20.5. The van der Waals surface area contributed by atoms with E-state index in [0.29, 0.717) is 24.9 Å². The summed E-state index contributed by atoms with van der Waals surface area (Å²) in [6.45, 7) is 3.21. The number of hydrazone groups is 1. The molecule has 0 unspecified atom stereocenters. The number of amides is 2. The lowest BCUT2D eigenvalue weighted by Crippen LogP contribution is -2.29. The first-order valence-electron chi connectivity index (χ1n) is 10.3. The predicted octanol–water partition coefficient (Wildman–Crippen LogP) is 3.78. The van der Waals surface area contributed by atoms with Crippen molar-refractivity contribution >= 4 is 17.5 Å². The number of carbonyl (C=O) groups excluding carboxylic acids is 2. The van der Waals surface area contributed by atoms with E-state index in [0.717, 1.165) is 29.2 Å². The van der Waals surface area contributed by atoms with Gasteiger partial charge in [-0.1, -0.05) is 37.3 Å². The second-order valence-corrected chi connectivity index (χ2v) is 8.05. The Morgan fingerprint density at radius 3 is 2.66 bits per heavy atom.